The Morgan fingerprint density at radius 3 is 1.79 bits per heavy atom. The molecule has 0 N–H and O–H groups in total. The molecule has 7 heteroatoms. The van der Waals surface area contributed by atoms with Crippen molar-refractivity contribution in [2.24, 2.45) is 0 Å². The highest BCUT2D eigenvalue weighted by Crippen LogP contribution is 2.42. The van der Waals surface area contributed by atoms with Crippen LogP contribution in [0, 0.1) is 0 Å². The van der Waals surface area contributed by atoms with Crippen LogP contribution in [-0.4, -0.2) is 31.6 Å². The predicted molar refractivity (Wildman–Crippen MR) is 38.0 cm³/mol. The van der Waals surface area contributed by atoms with Crippen molar-refractivity contribution < 1.29 is 31.4 Å². The molecule has 2 nitrogen and oxygen atoms in total. The molecule has 0 saturated carbocycles. The zero-order valence-electron chi connectivity index (χ0n) is 7.91. The summed E-state index contributed by atoms with van der Waals surface area (Å²) in [5.74, 6) is -5.97. The van der Waals surface area contributed by atoms with Crippen LogP contribution < -0.4 is 0 Å². The molecule has 0 amide bonds. The van der Waals surface area contributed by atoms with E-state index >= 15 is 0 Å². The van der Waals surface area contributed by atoms with Gasteiger partial charge in [-0.3, -0.25) is 9.13 Å². The number of alkyl halides is 5. The Morgan fingerprint density at radius 1 is 1.21 bits per heavy atom. The van der Waals surface area contributed by atoms with Gasteiger partial charge in [-0.15, -0.1) is 0 Å². The number of rotatable bonds is 1. The average molecular weight is 222 g/mol. The predicted octanol–water partition coefficient (Wildman–Crippen LogP) is 2.58. The highest BCUT2D eigenvalue weighted by Gasteiger charge is 2.60. The van der Waals surface area contributed by atoms with E-state index < -0.39 is 24.4 Å². The topological polar surface area (TPSA) is 18.5 Å². The van der Waals surface area contributed by atoms with Gasteiger partial charge in [-0.1, -0.05) is 0 Å². The Labute approximate surface area is 78.0 Å². The molecule has 1 atom stereocenters. The monoisotopic (exact) mass is 222 g/mol. The minimum atomic E-state index is -3.62. The van der Waals surface area contributed by atoms with Crippen LogP contribution >= 0.6 is 0 Å². The lowest BCUT2D eigenvalue weighted by atomic mass is 10.2. The maximum absolute atomic E-state index is 12.6. The van der Waals surface area contributed by atoms with Gasteiger partial charge in [-0.05, 0) is 6.92 Å². The summed E-state index contributed by atoms with van der Waals surface area (Å²) in [6.45, 7) is 0.120. The van der Waals surface area contributed by atoms with Gasteiger partial charge in [0, 0.05) is 6.92 Å². The fourth-order valence-electron chi connectivity index (χ4n) is 0.782. The smallest absolute Gasteiger partial charge is 0.336 e. The number of halogens is 5. The van der Waals surface area contributed by atoms with E-state index in [4.69, 9.17) is 0 Å². The van der Waals surface area contributed by atoms with Crippen LogP contribution in [0.1, 0.15) is 13.8 Å². The summed E-state index contributed by atoms with van der Waals surface area (Å²) >= 11 is 0. The minimum Gasteiger partial charge on any atom is -0.336 e. The van der Waals surface area contributed by atoms with Crippen molar-refractivity contribution >= 4 is 0 Å². The van der Waals surface area contributed by atoms with Crippen molar-refractivity contribution in [2.45, 2.75) is 31.7 Å². The average Bonchev–Trinajstić information content (AvgIpc) is 2.30. The summed E-state index contributed by atoms with van der Waals surface area (Å²) in [5.41, 5.74) is 0. The van der Waals surface area contributed by atoms with Gasteiger partial charge in [-0.25, -0.2) is 8.78 Å². The van der Waals surface area contributed by atoms with Crippen molar-refractivity contribution in [3.8, 4) is 0 Å². The molecule has 14 heavy (non-hydrogen) atoms. The molecule has 86 valence electrons. The van der Waals surface area contributed by atoms with Crippen LogP contribution in [0.3, 0.4) is 0 Å². The first-order chi connectivity index (χ1) is 6.16. The van der Waals surface area contributed by atoms with Crippen LogP contribution in [0.15, 0.2) is 0 Å². The second kappa shape index (κ2) is 3.98. The van der Waals surface area contributed by atoms with E-state index in [2.05, 4.69) is 9.47 Å². The Hall–Kier alpha value is -0.430. The van der Waals surface area contributed by atoms with Gasteiger partial charge in [0.25, 0.3) is 5.92 Å². The third kappa shape index (κ3) is 2.78. The van der Waals surface area contributed by atoms with Crippen LogP contribution in [-0.2, 0) is 9.47 Å². The lowest BCUT2D eigenvalue weighted by Gasteiger charge is -2.28. The zero-order chi connectivity index (χ0) is 11.6. The molecule has 0 aromatic heterocycles. The zero-order valence-corrected chi connectivity index (χ0v) is 7.91. The SMILES string of the molecule is CC(F)(F)C1(C)OCC(F)(F)O1.CF. The van der Waals surface area contributed by atoms with Gasteiger partial charge >= 0.3 is 6.11 Å². The summed E-state index contributed by atoms with van der Waals surface area (Å²) < 4.78 is 67.2. The number of hydrogen-bond donors (Lipinski definition) is 0. The second-order valence-electron chi connectivity index (χ2n) is 2.86. The highest BCUT2D eigenvalue weighted by atomic mass is 19.3. The van der Waals surface area contributed by atoms with Gasteiger partial charge in [0.2, 0.25) is 5.79 Å². The first kappa shape index (κ1) is 13.6. The lowest BCUT2D eigenvalue weighted by Crippen LogP contribution is -2.45. The van der Waals surface area contributed by atoms with Crippen molar-refractivity contribution in [3.63, 3.8) is 0 Å². The summed E-state index contributed by atoms with van der Waals surface area (Å²) in [4.78, 5) is 0. The maximum atomic E-state index is 12.6. The third-order valence-corrected chi connectivity index (χ3v) is 1.66. The molecule has 0 bridgehead atoms. The molecular weight excluding hydrogens is 211 g/mol. The fourth-order valence-corrected chi connectivity index (χ4v) is 0.782. The summed E-state index contributed by atoms with van der Waals surface area (Å²) in [5, 5.41) is 0. The fraction of sp³-hybridized carbons (Fsp3) is 1.00. The van der Waals surface area contributed by atoms with E-state index in [1.54, 1.807) is 0 Å². The molecule has 1 aliphatic rings. The molecule has 0 spiro atoms. The second-order valence-corrected chi connectivity index (χ2v) is 2.86. The van der Waals surface area contributed by atoms with Gasteiger partial charge in [-0.2, -0.15) is 8.78 Å². The lowest BCUT2D eigenvalue weighted by molar-refractivity contribution is -0.326. The highest BCUT2D eigenvalue weighted by molar-refractivity contribution is 4.84. The van der Waals surface area contributed by atoms with Crippen molar-refractivity contribution in [1.82, 2.24) is 0 Å². The molecule has 1 heterocycles. The van der Waals surface area contributed by atoms with Crippen LogP contribution in [0.2, 0.25) is 0 Å². The summed E-state index contributed by atoms with van der Waals surface area (Å²) in [6.07, 6.45) is -3.62. The Balaban J connectivity index is 0.000000791. The Bertz CT molecular complexity index is 191. The van der Waals surface area contributed by atoms with E-state index in [0.717, 1.165) is 6.92 Å². The molecule has 1 rings (SSSR count). The summed E-state index contributed by atoms with van der Waals surface area (Å²) in [6, 6.07) is 0. The molecule has 0 radical (unpaired) electrons. The van der Waals surface area contributed by atoms with Gasteiger partial charge in [0.15, 0.2) is 0 Å². The number of hydrogen-bond acceptors (Lipinski definition) is 2. The van der Waals surface area contributed by atoms with E-state index in [9.17, 15) is 22.0 Å². The number of ether oxygens (including phenoxy) is 2. The largest absolute Gasteiger partial charge is 0.381 e. The molecule has 0 aromatic rings. The Morgan fingerprint density at radius 2 is 1.64 bits per heavy atom. The summed E-state index contributed by atoms with van der Waals surface area (Å²) in [7, 11) is 0.500. The van der Waals surface area contributed by atoms with E-state index in [1.807, 2.05) is 0 Å². The molecule has 0 aromatic carbocycles. The molecule has 1 aliphatic heterocycles. The molecular formula is C7H11F5O2. The minimum absolute atomic E-state index is 0.467. The van der Waals surface area contributed by atoms with Crippen LogP contribution in [0.4, 0.5) is 22.0 Å². The van der Waals surface area contributed by atoms with Crippen molar-refractivity contribution in [3.05, 3.63) is 0 Å². The molecule has 1 unspecified atom stereocenters. The molecule has 1 fully saturated rings. The van der Waals surface area contributed by atoms with Gasteiger partial charge in [0.1, 0.15) is 6.61 Å². The van der Waals surface area contributed by atoms with Gasteiger partial charge in [0.05, 0.1) is 7.18 Å². The normalized spacial score (nSPS) is 30.9. The quantitative estimate of drug-likeness (QED) is 0.635. The van der Waals surface area contributed by atoms with Gasteiger partial charge < -0.3 is 4.74 Å². The van der Waals surface area contributed by atoms with Crippen LogP contribution in [0.25, 0.3) is 0 Å². The van der Waals surface area contributed by atoms with E-state index in [-0.39, 0.29) is 0 Å². The van der Waals surface area contributed by atoms with E-state index in [0.29, 0.717) is 14.1 Å². The first-order valence-corrected chi connectivity index (χ1v) is 3.64. The van der Waals surface area contributed by atoms with Crippen LogP contribution in [0.5, 0.6) is 0 Å². The Kier molecular flexibility index (Phi) is 3.85. The van der Waals surface area contributed by atoms with Crippen molar-refractivity contribution in [2.75, 3.05) is 13.8 Å². The maximum Gasteiger partial charge on any atom is 0.381 e. The molecule has 1 saturated heterocycles. The first-order valence-electron chi connectivity index (χ1n) is 3.64. The molecule has 0 aliphatic carbocycles. The standard InChI is InChI=1S/C6H8F4O2.CH3F/c1-4(7,8)5(2)11-3-6(9,10)12-5;1-2/h3H2,1-2H3;1H3. The van der Waals surface area contributed by atoms with Crippen molar-refractivity contribution in [1.29, 1.82) is 0 Å². The van der Waals surface area contributed by atoms with E-state index in [1.165, 1.54) is 0 Å². The third-order valence-electron chi connectivity index (χ3n) is 1.66.